The van der Waals surface area contributed by atoms with E-state index < -0.39 is 11.5 Å². The zero-order valence-corrected chi connectivity index (χ0v) is 22.3. The van der Waals surface area contributed by atoms with Crippen LogP contribution < -0.4 is 15.1 Å². The predicted octanol–water partition coefficient (Wildman–Crippen LogP) is 7.15. The quantitative estimate of drug-likeness (QED) is 0.206. The second kappa shape index (κ2) is 8.98. The molecule has 11 heteroatoms. The minimum absolute atomic E-state index is 0.277. The Balaban J connectivity index is 1.55. The summed E-state index contributed by atoms with van der Waals surface area (Å²) >= 11 is 18.9. The summed E-state index contributed by atoms with van der Waals surface area (Å²) in [5.41, 5.74) is 2.35. The van der Waals surface area contributed by atoms with Crippen molar-refractivity contribution in [1.29, 1.82) is 0 Å². The third-order valence-electron chi connectivity index (χ3n) is 6.64. The van der Waals surface area contributed by atoms with Crippen molar-refractivity contribution in [3.63, 3.8) is 0 Å². The van der Waals surface area contributed by atoms with Crippen molar-refractivity contribution in [3.8, 4) is 28.8 Å². The van der Waals surface area contributed by atoms with Crippen LogP contribution in [-0.4, -0.2) is 26.7 Å². The van der Waals surface area contributed by atoms with Gasteiger partial charge in [0.05, 0.1) is 45.1 Å². The Morgan fingerprint density at radius 3 is 2.64 bits per heavy atom. The average Bonchev–Trinajstić information content (AvgIpc) is 3.38. The third-order valence-corrected chi connectivity index (χ3v) is 7.62. The molecule has 0 spiro atoms. The van der Waals surface area contributed by atoms with Crippen LogP contribution in [0.2, 0.25) is 15.1 Å². The molecule has 0 aliphatic carbocycles. The van der Waals surface area contributed by atoms with Crippen molar-refractivity contribution >= 4 is 51.4 Å². The van der Waals surface area contributed by atoms with Gasteiger partial charge in [0, 0.05) is 5.02 Å². The van der Waals surface area contributed by atoms with Crippen molar-refractivity contribution in [1.82, 2.24) is 19.6 Å². The minimum Gasteiger partial charge on any atom is -0.496 e. The summed E-state index contributed by atoms with van der Waals surface area (Å²) in [5, 5.41) is 6.48. The molecular formula is C28H15Cl3N4O4. The Morgan fingerprint density at radius 2 is 1.82 bits per heavy atom. The maximum atomic E-state index is 13.5. The van der Waals surface area contributed by atoms with E-state index in [1.807, 2.05) is 12.1 Å². The van der Waals surface area contributed by atoms with E-state index >= 15 is 0 Å². The van der Waals surface area contributed by atoms with Crippen LogP contribution in [0.4, 0.5) is 0 Å². The summed E-state index contributed by atoms with van der Waals surface area (Å²) < 4.78 is 19.1. The largest absolute Gasteiger partial charge is 0.496 e. The van der Waals surface area contributed by atoms with Crippen LogP contribution in [0.3, 0.4) is 0 Å². The minimum atomic E-state index is -0.700. The van der Waals surface area contributed by atoms with Crippen molar-refractivity contribution in [2.75, 3.05) is 7.11 Å². The van der Waals surface area contributed by atoms with Crippen molar-refractivity contribution < 1.29 is 13.9 Å². The van der Waals surface area contributed by atoms with Crippen molar-refractivity contribution in [2.24, 2.45) is 0 Å². The molecule has 0 fully saturated rings. The fraction of sp³-hybridized carbons (Fsp3) is 0.0714. The Kier molecular flexibility index (Phi) is 5.52. The fourth-order valence-corrected chi connectivity index (χ4v) is 5.40. The summed E-state index contributed by atoms with van der Waals surface area (Å²) in [6.45, 7) is 0. The van der Waals surface area contributed by atoms with Crippen molar-refractivity contribution in [3.05, 3.63) is 109 Å². The number of para-hydroxylation sites is 1. The molecule has 3 aromatic heterocycles. The van der Waals surface area contributed by atoms with Gasteiger partial charge in [-0.15, -0.1) is 5.10 Å². The lowest BCUT2D eigenvalue weighted by Gasteiger charge is -2.27. The lowest BCUT2D eigenvalue weighted by Crippen LogP contribution is -2.22. The summed E-state index contributed by atoms with van der Waals surface area (Å²) in [6, 6.07) is 17.5. The Labute approximate surface area is 235 Å². The van der Waals surface area contributed by atoms with Crippen LogP contribution in [0, 0.1) is 0 Å². The van der Waals surface area contributed by atoms with E-state index in [0.29, 0.717) is 71.3 Å². The number of aromatic nitrogens is 4. The van der Waals surface area contributed by atoms with Gasteiger partial charge in [0.1, 0.15) is 17.7 Å². The molecule has 192 valence electrons. The van der Waals surface area contributed by atoms with Gasteiger partial charge in [-0.3, -0.25) is 0 Å². The van der Waals surface area contributed by atoms with Crippen LogP contribution in [0.1, 0.15) is 22.6 Å². The average molecular weight is 578 g/mol. The first kappa shape index (κ1) is 24.0. The van der Waals surface area contributed by atoms with Crippen molar-refractivity contribution in [2.45, 2.75) is 5.92 Å². The number of hydrogen-bond donors (Lipinski definition) is 0. The highest BCUT2D eigenvalue weighted by Gasteiger charge is 2.38. The zero-order chi connectivity index (χ0) is 26.8. The van der Waals surface area contributed by atoms with Crippen LogP contribution in [0.15, 0.2) is 76.2 Å². The SMILES string of the molecule is COc1ccc(Cl)cc1-c1nc2c3c(ncn2n1)Oc1c(c(=O)oc2ccccc12)C3c1ccc(Cl)c(Cl)c1. The first-order valence-corrected chi connectivity index (χ1v) is 12.8. The third kappa shape index (κ3) is 3.75. The van der Waals surface area contributed by atoms with E-state index in [0.717, 1.165) is 0 Å². The molecule has 7 rings (SSSR count). The lowest BCUT2D eigenvalue weighted by atomic mass is 9.84. The summed E-state index contributed by atoms with van der Waals surface area (Å²) in [7, 11) is 1.56. The standard InChI is InChI=1S/C28H15Cl3N4O4/c1-37-19-9-7-14(29)11-16(19)25-33-26-23-21(13-6-8-17(30)18(31)10-13)22-24(39-27(23)32-12-35(26)34-25)15-4-2-3-5-20(15)38-28(22)36/h2-12,21H,1H3. The van der Waals surface area contributed by atoms with Gasteiger partial charge in [-0.25, -0.2) is 19.3 Å². The molecule has 39 heavy (non-hydrogen) atoms. The maximum Gasteiger partial charge on any atom is 0.344 e. The first-order chi connectivity index (χ1) is 18.9. The van der Waals surface area contributed by atoms with Gasteiger partial charge in [0.15, 0.2) is 17.2 Å². The first-order valence-electron chi connectivity index (χ1n) is 11.7. The normalized spacial score (nSPS) is 14.2. The summed E-state index contributed by atoms with van der Waals surface area (Å²) in [5.74, 6) is 0.840. The molecule has 0 N–H and O–H groups in total. The highest BCUT2D eigenvalue weighted by atomic mass is 35.5. The van der Waals surface area contributed by atoms with Crippen LogP contribution in [0.25, 0.3) is 28.0 Å². The van der Waals surface area contributed by atoms with Gasteiger partial charge in [0.2, 0.25) is 5.88 Å². The molecule has 0 saturated heterocycles. The van der Waals surface area contributed by atoms with E-state index in [9.17, 15) is 4.79 Å². The van der Waals surface area contributed by atoms with Gasteiger partial charge in [-0.2, -0.15) is 0 Å². The second-order valence-electron chi connectivity index (χ2n) is 8.85. The van der Waals surface area contributed by atoms with E-state index in [1.165, 1.54) is 10.8 Å². The molecule has 0 radical (unpaired) electrons. The van der Waals surface area contributed by atoms with E-state index in [1.54, 1.807) is 55.6 Å². The van der Waals surface area contributed by atoms with Gasteiger partial charge in [0.25, 0.3) is 0 Å². The zero-order valence-electron chi connectivity index (χ0n) is 20.0. The molecular weight excluding hydrogens is 563 g/mol. The molecule has 8 nitrogen and oxygen atoms in total. The molecule has 3 aromatic carbocycles. The Hall–Kier alpha value is -4.11. The molecule has 0 amide bonds. The molecule has 0 bridgehead atoms. The smallest absolute Gasteiger partial charge is 0.344 e. The topological polar surface area (TPSA) is 91.8 Å². The number of ether oxygens (including phenoxy) is 2. The fourth-order valence-electron chi connectivity index (χ4n) is 4.92. The molecule has 0 saturated carbocycles. The Bertz CT molecular complexity index is 2020. The van der Waals surface area contributed by atoms with Crippen LogP contribution in [0.5, 0.6) is 17.4 Å². The second-order valence-corrected chi connectivity index (χ2v) is 10.1. The van der Waals surface area contributed by atoms with E-state index in [-0.39, 0.29) is 5.88 Å². The number of benzene rings is 3. The van der Waals surface area contributed by atoms with Crippen LogP contribution in [-0.2, 0) is 0 Å². The molecule has 1 aliphatic rings. The van der Waals surface area contributed by atoms with Gasteiger partial charge < -0.3 is 13.9 Å². The highest BCUT2D eigenvalue weighted by molar-refractivity contribution is 6.42. The number of nitrogens with zero attached hydrogens (tertiary/aromatic N) is 4. The number of halogens is 3. The number of fused-ring (bicyclic) bond motifs is 6. The van der Waals surface area contributed by atoms with Gasteiger partial charge in [-0.05, 0) is 48.0 Å². The van der Waals surface area contributed by atoms with E-state index in [4.69, 9.17) is 53.7 Å². The molecule has 1 unspecified atom stereocenters. The van der Waals surface area contributed by atoms with E-state index in [2.05, 4.69) is 10.1 Å². The predicted molar refractivity (Wildman–Crippen MR) is 148 cm³/mol. The van der Waals surface area contributed by atoms with Gasteiger partial charge in [-0.1, -0.05) is 53.0 Å². The molecule has 1 atom stereocenters. The molecule has 6 aromatic rings. The number of rotatable bonds is 3. The molecule has 1 aliphatic heterocycles. The monoisotopic (exact) mass is 576 g/mol. The van der Waals surface area contributed by atoms with Gasteiger partial charge >= 0.3 is 5.63 Å². The maximum absolute atomic E-state index is 13.5. The Morgan fingerprint density at radius 1 is 0.974 bits per heavy atom. The lowest BCUT2D eigenvalue weighted by molar-refractivity contribution is 0.416. The van der Waals surface area contributed by atoms with Crippen LogP contribution >= 0.6 is 34.8 Å². The highest BCUT2D eigenvalue weighted by Crippen LogP contribution is 2.49. The number of hydrogen-bond acceptors (Lipinski definition) is 7. The number of methoxy groups -OCH3 is 1. The molecule has 4 heterocycles. The summed E-state index contributed by atoms with van der Waals surface area (Å²) in [4.78, 5) is 22.9. The summed E-state index contributed by atoms with van der Waals surface area (Å²) in [6.07, 6.45) is 1.51.